The monoisotopic (exact) mass is 687 g/mol. The molecular formula is C24H34Cl2F4N10O3P+. The Bertz CT molecular complexity index is 1260. The molecule has 0 saturated carbocycles. The minimum Gasteiger partial charge on any atom is -0.370 e. The first-order valence-electron chi connectivity index (χ1n) is 14.0. The molecule has 0 fully saturated rings. The van der Waals surface area contributed by atoms with Crippen molar-refractivity contribution < 1.29 is 31.2 Å². The number of nitrogens with zero attached hydrogens (tertiary/aromatic N) is 6. The molecule has 2 unspecified atom stereocenters. The SMILES string of the molecule is NC1=NC(Cl)c2ncn(CCCCCCC(F)(F)O[P+](=O)OC(F)(F)CCCCCCn3cnc4c3NC(N)=NC4Cl)c2N1. The highest BCUT2D eigenvalue weighted by Gasteiger charge is 2.49. The van der Waals surface area contributed by atoms with E-state index in [-0.39, 0.29) is 24.8 Å². The van der Waals surface area contributed by atoms with E-state index in [4.69, 9.17) is 34.7 Å². The van der Waals surface area contributed by atoms with Crippen LogP contribution in [0.25, 0.3) is 0 Å². The molecule has 2 aliphatic heterocycles. The molecule has 0 bridgehead atoms. The van der Waals surface area contributed by atoms with E-state index in [1.165, 1.54) is 0 Å². The summed E-state index contributed by atoms with van der Waals surface area (Å²) >= 11 is 12.2. The third kappa shape index (κ3) is 9.64. The number of rotatable bonds is 18. The number of alkyl halides is 6. The average Bonchev–Trinajstić information content (AvgIpc) is 3.51. The molecule has 0 aromatic carbocycles. The van der Waals surface area contributed by atoms with Crippen LogP contribution in [0.2, 0.25) is 0 Å². The quantitative estimate of drug-likeness (QED) is 0.0448. The van der Waals surface area contributed by atoms with E-state index in [9.17, 15) is 22.1 Å². The highest BCUT2D eigenvalue weighted by atomic mass is 35.5. The van der Waals surface area contributed by atoms with Crippen molar-refractivity contribution in [2.24, 2.45) is 21.5 Å². The Balaban J connectivity index is 1.06. The number of nitrogens with one attached hydrogen (secondary N) is 2. The van der Waals surface area contributed by atoms with Gasteiger partial charge in [-0.25, -0.2) is 20.0 Å². The van der Waals surface area contributed by atoms with Crippen LogP contribution in [0.5, 0.6) is 0 Å². The molecule has 0 radical (unpaired) electrons. The van der Waals surface area contributed by atoms with Crippen molar-refractivity contribution >= 4 is 55.0 Å². The second kappa shape index (κ2) is 15.0. The first-order valence-corrected chi connectivity index (χ1v) is 16.0. The predicted molar refractivity (Wildman–Crippen MR) is 158 cm³/mol. The van der Waals surface area contributed by atoms with Gasteiger partial charge >= 0.3 is 20.5 Å². The van der Waals surface area contributed by atoms with Gasteiger partial charge in [0.05, 0.1) is 12.7 Å². The fourth-order valence-corrected chi connectivity index (χ4v) is 5.88. The molecule has 13 nitrogen and oxygen atoms in total. The van der Waals surface area contributed by atoms with Crippen molar-refractivity contribution in [2.75, 3.05) is 10.6 Å². The van der Waals surface area contributed by atoms with Gasteiger partial charge in [0, 0.05) is 30.5 Å². The van der Waals surface area contributed by atoms with Gasteiger partial charge in [0.15, 0.2) is 22.9 Å². The number of fused-ring (bicyclic) bond motifs is 2. The van der Waals surface area contributed by atoms with E-state index >= 15 is 0 Å². The molecule has 20 heteroatoms. The number of halogens is 6. The highest BCUT2D eigenvalue weighted by Crippen LogP contribution is 2.42. The second-order valence-corrected chi connectivity index (χ2v) is 11.9. The lowest BCUT2D eigenvalue weighted by molar-refractivity contribution is -0.215. The van der Waals surface area contributed by atoms with Crippen molar-refractivity contribution in [3.63, 3.8) is 0 Å². The van der Waals surface area contributed by atoms with Gasteiger partial charge < -0.3 is 31.2 Å². The van der Waals surface area contributed by atoms with Gasteiger partial charge in [-0.1, -0.05) is 48.9 Å². The molecule has 0 amide bonds. The maximum atomic E-state index is 14.1. The first-order chi connectivity index (χ1) is 20.8. The normalized spacial score (nSPS) is 18.5. The molecule has 2 aliphatic rings. The second-order valence-electron chi connectivity index (χ2n) is 10.3. The Morgan fingerprint density at radius 2 is 1.14 bits per heavy atom. The summed E-state index contributed by atoms with van der Waals surface area (Å²) in [6.45, 7) is 1.08. The summed E-state index contributed by atoms with van der Waals surface area (Å²) < 4.78 is 79.8. The van der Waals surface area contributed by atoms with E-state index in [2.05, 4.69) is 39.6 Å². The van der Waals surface area contributed by atoms with Crippen molar-refractivity contribution in [3.05, 3.63) is 24.0 Å². The van der Waals surface area contributed by atoms with E-state index in [0.29, 0.717) is 74.6 Å². The van der Waals surface area contributed by atoms with Crippen LogP contribution in [0.1, 0.15) is 86.6 Å². The molecule has 2 aromatic heterocycles. The van der Waals surface area contributed by atoms with E-state index in [0.717, 1.165) is 0 Å². The molecule has 0 saturated heterocycles. The number of imidazole rings is 2. The number of aliphatic imine (C=N–C) groups is 2. The number of aryl methyl sites for hydroxylation is 2. The summed E-state index contributed by atoms with van der Waals surface area (Å²) in [7, 11) is -3.73. The van der Waals surface area contributed by atoms with Crippen LogP contribution < -0.4 is 22.1 Å². The smallest absolute Gasteiger partial charge is 0.370 e. The number of guanidine groups is 2. The molecule has 2 aromatic rings. The maximum Gasteiger partial charge on any atom is 0.709 e. The summed E-state index contributed by atoms with van der Waals surface area (Å²) in [6.07, 6.45) is -2.78. The predicted octanol–water partition coefficient (Wildman–Crippen LogP) is 6.51. The van der Waals surface area contributed by atoms with Crippen LogP contribution >= 0.6 is 31.5 Å². The number of hydrogen-bond donors (Lipinski definition) is 4. The van der Waals surface area contributed by atoms with Crippen molar-refractivity contribution in [1.82, 2.24) is 19.1 Å². The minimum absolute atomic E-state index is 0.0294. The van der Waals surface area contributed by atoms with Crippen molar-refractivity contribution in [1.29, 1.82) is 0 Å². The fourth-order valence-electron chi connectivity index (χ4n) is 4.69. The number of anilines is 2. The van der Waals surface area contributed by atoms with Gasteiger partial charge in [0.25, 0.3) is 0 Å². The topological polar surface area (TPSA) is 172 Å². The van der Waals surface area contributed by atoms with Crippen LogP contribution in [-0.4, -0.2) is 43.2 Å². The summed E-state index contributed by atoms with van der Waals surface area (Å²) in [5.41, 5.74) is 11.1. The van der Waals surface area contributed by atoms with Crippen LogP contribution in [0, 0.1) is 0 Å². The zero-order valence-electron chi connectivity index (χ0n) is 23.6. The fraction of sp³-hybridized carbons (Fsp3) is 0.667. The van der Waals surface area contributed by atoms with Gasteiger partial charge in [-0.2, -0.15) is 17.6 Å². The molecule has 4 heterocycles. The van der Waals surface area contributed by atoms with E-state index < -0.39 is 44.3 Å². The lowest BCUT2D eigenvalue weighted by Crippen LogP contribution is -2.28. The summed E-state index contributed by atoms with van der Waals surface area (Å²) in [6, 6.07) is 0. The van der Waals surface area contributed by atoms with Gasteiger partial charge in [-0.15, -0.1) is 0 Å². The number of hydrogen-bond acceptors (Lipinski definition) is 11. The van der Waals surface area contributed by atoms with Crippen LogP contribution in [0.15, 0.2) is 22.6 Å². The summed E-state index contributed by atoms with van der Waals surface area (Å²) in [5.74, 6) is 1.61. The third-order valence-corrected chi connectivity index (χ3v) is 8.27. The van der Waals surface area contributed by atoms with Gasteiger partial charge in [-0.3, -0.25) is 0 Å². The molecule has 0 aliphatic carbocycles. The lowest BCUT2D eigenvalue weighted by Gasteiger charge is -2.17. The standard InChI is InChI=1S/C24H34Cl2F4N10O3P/c25-17-15-19(37-21(31)35-17)39(13-33-15)11-7-3-1-5-9-23(27,28)42-44(41)43-24(29,30)10-6-2-4-8-12-40-14-34-16-18(26)36-22(32)38-20(16)40/h13-14,17-18H,1-12H2,(H3,31,35,37)(H3,32,36,38)/q+1. The summed E-state index contributed by atoms with van der Waals surface area (Å²) in [4.78, 5) is 16.4. The Morgan fingerprint density at radius 1 is 0.750 bits per heavy atom. The molecular weight excluding hydrogens is 654 g/mol. The van der Waals surface area contributed by atoms with E-state index in [1.807, 2.05) is 0 Å². The number of unbranched alkanes of at least 4 members (excludes halogenated alkanes) is 6. The van der Waals surface area contributed by atoms with Crippen LogP contribution in [0.3, 0.4) is 0 Å². The van der Waals surface area contributed by atoms with Gasteiger partial charge in [0.1, 0.15) is 23.0 Å². The molecule has 2 atom stereocenters. The summed E-state index contributed by atoms with van der Waals surface area (Å²) in [5, 5.41) is 5.80. The molecule has 6 N–H and O–H groups in total. The zero-order valence-corrected chi connectivity index (χ0v) is 26.0. The molecule has 4 rings (SSSR count). The first kappa shape index (κ1) is 34.2. The minimum atomic E-state index is -3.87. The van der Waals surface area contributed by atoms with Crippen molar-refractivity contribution in [2.45, 2.75) is 101 Å². The Kier molecular flexibility index (Phi) is 11.7. The van der Waals surface area contributed by atoms with Gasteiger partial charge in [0.2, 0.25) is 0 Å². The Morgan fingerprint density at radius 3 is 1.55 bits per heavy atom. The van der Waals surface area contributed by atoms with Crippen LogP contribution in [0.4, 0.5) is 29.2 Å². The molecule has 244 valence electrons. The number of aromatic nitrogens is 4. The largest absolute Gasteiger partial charge is 0.709 e. The molecule has 0 spiro atoms. The zero-order chi connectivity index (χ0) is 31.9. The lowest BCUT2D eigenvalue weighted by atomic mass is 10.1. The molecule has 44 heavy (non-hydrogen) atoms. The van der Waals surface area contributed by atoms with E-state index in [1.54, 1.807) is 21.8 Å². The Labute approximate surface area is 261 Å². The average molecular weight is 688 g/mol. The highest BCUT2D eigenvalue weighted by molar-refractivity contribution is 7.33. The number of nitrogens with two attached hydrogens (primary N) is 2. The Hall–Kier alpha value is -2.72. The van der Waals surface area contributed by atoms with Crippen molar-refractivity contribution in [3.8, 4) is 0 Å². The maximum absolute atomic E-state index is 14.1. The van der Waals surface area contributed by atoms with Crippen LogP contribution in [-0.2, 0) is 26.7 Å². The third-order valence-electron chi connectivity index (χ3n) is 6.83. The van der Waals surface area contributed by atoms with Gasteiger partial charge in [-0.05, 0) is 34.7 Å².